The van der Waals surface area contributed by atoms with Gasteiger partial charge in [0.25, 0.3) is 0 Å². The minimum absolute atomic E-state index is 0.938. The van der Waals surface area contributed by atoms with Crippen molar-refractivity contribution in [3.8, 4) is 0 Å². The second-order valence-corrected chi connectivity index (χ2v) is 10.3. The van der Waals surface area contributed by atoms with Crippen LogP contribution in [0, 0.1) is 0 Å². The van der Waals surface area contributed by atoms with Gasteiger partial charge in [-0.2, -0.15) is 0 Å². The Balaban J connectivity index is 1.83. The van der Waals surface area contributed by atoms with E-state index in [-0.39, 0.29) is 0 Å². The molecule has 196 valence electrons. The highest BCUT2D eigenvalue weighted by atomic mass is 14.9. The zero-order valence-electron chi connectivity index (χ0n) is 24.3. The molecule has 0 saturated heterocycles. The summed E-state index contributed by atoms with van der Waals surface area (Å²) in [7, 11) is 0. The highest BCUT2D eigenvalue weighted by Crippen LogP contribution is 2.38. The molecule has 0 fully saturated rings. The van der Waals surface area contributed by atoms with Crippen molar-refractivity contribution < 1.29 is 0 Å². The second-order valence-electron chi connectivity index (χ2n) is 10.3. The molecular weight excluding hydrogens is 464 g/mol. The van der Waals surface area contributed by atoms with Crippen molar-refractivity contribution in [2.75, 3.05) is 0 Å². The molecule has 5 rings (SSSR count). The van der Waals surface area contributed by atoms with Crippen LogP contribution in [0.1, 0.15) is 93.9 Å². The molecule has 0 aromatic heterocycles. The minimum atomic E-state index is 0.938. The normalized spacial score (nSPS) is 21.1. The molecule has 5 aliphatic rings. The van der Waals surface area contributed by atoms with Crippen LogP contribution in [0.4, 0.5) is 0 Å². The van der Waals surface area contributed by atoms with Gasteiger partial charge in [0, 0.05) is 0 Å². The van der Waals surface area contributed by atoms with Crippen molar-refractivity contribution in [1.29, 1.82) is 0 Å². The van der Waals surface area contributed by atoms with E-state index in [9.17, 15) is 0 Å². The third-order valence-electron chi connectivity index (χ3n) is 8.44. The van der Waals surface area contributed by atoms with Crippen molar-refractivity contribution in [3.05, 3.63) is 91.7 Å². The average Bonchev–Trinajstić information content (AvgIpc) is 3.60. The highest BCUT2D eigenvalue weighted by Gasteiger charge is 2.28. The van der Waals surface area contributed by atoms with Crippen molar-refractivity contribution in [1.82, 2.24) is 0 Å². The number of nitrogens with zero attached hydrogens (tertiary/aromatic N) is 4. The number of fused-ring (bicyclic) bond motifs is 4. The van der Waals surface area contributed by atoms with Crippen molar-refractivity contribution in [2.45, 2.75) is 93.9 Å². The summed E-state index contributed by atoms with van der Waals surface area (Å²) in [6.45, 7) is 17.8. The number of hydrogen-bond donors (Lipinski definition) is 0. The maximum atomic E-state index is 5.19. The van der Waals surface area contributed by atoms with Crippen LogP contribution in [-0.2, 0) is 0 Å². The Kier molecular flexibility index (Phi) is 7.17. The van der Waals surface area contributed by atoms with Crippen molar-refractivity contribution in [2.24, 2.45) is 20.0 Å². The van der Waals surface area contributed by atoms with Crippen LogP contribution < -0.4 is 0 Å². The smallest absolute Gasteiger partial charge is 0.0694 e. The molecule has 0 amide bonds. The van der Waals surface area contributed by atoms with Gasteiger partial charge in [-0.1, -0.05) is 41.5 Å². The van der Waals surface area contributed by atoms with E-state index in [0.29, 0.717) is 0 Å². The predicted molar refractivity (Wildman–Crippen MR) is 163 cm³/mol. The van der Waals surface area contributed by atoms with E-state index in [1.54, 1.807) is 0 Å². The molecule has 0 unspecified atom stereocenters. The molecule has 0 aliphatic carbocycles. The summed E-state index contributed by atoms with van der Waals surface area (Å²) in [4.78, 5) is 20.7. The monoisotopic (exact) mass is 504 g/mol. The first-order valence-electron chi connectivity index (χ1n) is 14.5. The number of rotatable bonds is 6. The molecule has 4 nitrogen and oxygen atoms in total. The molecule has 8 bridgehead atoms. The van der Waals surface area contributed by atoms with Crippen LogP contribution in [0.2, 0.25) is 0 Å². The van der Waals surface area contributed by atoms with Gasteiger partial charge < -0.3 is 0 Å². The molecule has 0 aromatic carbocycles. The lowest BCUT2D eigenvalue weighted by Gasteiger charge is -2.06. The Morgan fingerprint density at radius 1 is 0.368 bits per heavy atom. The molecule has 0 N–H and O–H groups in total. The zero-order valence-corrected chi connectivity index (χ0v) is 24.3. The lowest BCUT2D eigenvalue weighted by molar-refractivity contribution is 1.05. The fourth-order valence-corrected chi connectivity index (χ4v) is 6.39. The van der Waals surface area contributed by atoms with E-state index in [4.69, 9.17) is 20.0 Å². The van der Waals surface area contributed by atoms with E-state index in [1.165, 1.54) is 44.6 Å². The summed E-state index contributed by atoms with van der Waals surface area (Å²) >= 11 is 0. The molecule has 0 spiro atoms. The number of hydrogen-bond acceptors (Lipinski definition) is 4. The van der Waals surface area contributed by atoms with Crippen LogP contribution >= 0.6 is 0 Å². The summed E-state index contributed by atoms with van der Waals surface area (Å²) in [5.41, 5.74) is 18.7. The fraction of sp³-hybridized carbons (Fsp3) is 0.412. The lowest BCUT2D eigenvalue weighted by Crippen LogP contribution is -1.99. The van der Waals surface area contributed by atoms with E-state index in [2.05, 4.69) is 79.7 Å². The molecule has 0 atom stereocenters. The van der Waals surface area contributed by atoms with Gasteiger partial charge in [-0.3, -0.25) is 0 Å². The zero-order chi connectivity index (χ0) is 27.1. The average molecular weight is 505 g/mol. The van der Waals surface area contributed by atoms with E-state index in [1.807, 2.05) is 0 Å². The highest BCUT2D eigenvalue weighted by molar-refractivity contribution is 6.20. The predicted octanol–water partition coefficient (Wildman–Crippen LogP) is 9.04. The molecule has 0 radical (unpaired) electrons. The first kappa shape index (κ1) is 26.2. The van der Waals surface area contributed by atoms with E-state index in [0.717, 1.165) is 84.2 Å². The van der Waals surface area contributed by atoms with Gasteiger partial charge in [-0.05, 0) is 121 Å². The largest absolute Gasteiger partial charge is 0.248 e. The molecule has 4 heteroatoms. The quantitative estimate of drug-likeness (QED) is 0.346. The van der Waals surface area contributed by atoms with Gasteiger partial charge in [0.05, 0.1) is 45.6 Å². The summed E-state index contributed by atoms with van der Waals surface area (Å²) in [6.07, 6.45) is 14.5. The Bertz CT molecular complexity index is 1380. The van der Waals surface area contributed by atoms with Crippen molar-refractivity contribution in [3.63, 3.8) is 0 Å². The first-order chi connectivity index (χ1) is 18.4. The summed E-state index contributed by atoms with van der Waals surface area (Å²) in [6, 6.07) is 0. The van der Waals surface area contributed by atoms with Crippen LogP contribution in [0.3, 0.4) is 0 Å². The summed E-state index contributed by atoms with van der Waals surface area (Å²) in [5.74, 6) is 0. The maximum absolute atomic E-state index is 5.19. The lowest BCUT2D eigenvalue weighted by atomic mass is 9.95. The SMILES string of the molecule is CCC1=C(C)C2=CC3=NC(=CC4=NC(=CC5=NC(=CC1=N2)C(CC)=C5CC)C(C)=C4CC)C(CC)=C3CC. The van der Waals surface area contributed by atoms with Gasteiger partial charge in [0.2, 0.25) is 0 Å². The first-order valence-corrected chi connectivity index (χ1v) is 14.5. The van der Waals surface area contributed by atoms with Crippen LogP contribution in [-0.4, -0.2) is 22.8 Å². The van der Waals surface area contributed by atoms with Gasteiger partial charge in [0.15, 0.2) is 0 Å². The maximum Gasteiger partial charge on any atom is 0.0694 e. The summed E-state index contributed by atoms with van der Waals surface area (Å²) < 4.78 is 0. The molecule has 5 heterocycles. The Morgan fingerprint density at radius 3 is 0.947 bits per heavy atom. The topological polar surface area (TPSA) is 49.4 Å². The van der Waals surface area contributed by atoms with Crippen LogP contribution in [0.25, 0.3) is 0 Å². The molecule has 0 aromatic rings. The second kappa shape index (κ2) is 10.4. The number of allylic oxidation sites excluding steroid dienone is 12. The van der Waals surface area contributed by atoms with Gasteiger partial charge in [0.1, 0.15) is 0 Å². The Labute approximate surface area is 228 Å². The fourth-order valence-electron chi connectivity index (χ4n) is 6.39. The number of aliphatic imine (C=N–C) groups is 4. The van der Waals surface area contributed by atoms with Crippen LogP contribution in [0.15, 0.2) is 112 Å². The molecular formula is C34H40N4. The van der Waals surface area contributed by atoms with E-state index < -0.39 is 0 Å². The molecule has 0 saturated carbocycles. The van der Waals surface area contributed by atoms with E-state index >= 15 is 0 Å². The summed E-state index contributed by atoms with van der Waals surface area (Å²) in [5, 5.41) is 0. The molecule has 38 heavy (non-hydrogen) atoms. The van der Waals surface area contributed by atoms with Crippen molar-refractivity contribution >= 4 is 22.8 Å². The minimum Gasteiger partial charge on any atom is -0.248 e. The Hall–Kier alpha value is -3.40. The van der Waals surface area contributed by atoms with Gasteiger partial charge >= 0.3 is 0 Å². The van der Waals surface area contributed by atoms with Crippen LogP contribution in [0.5, 0.6) is 0 Å². The standard InChI is InChI=1S/C34H40N4/c1-9-21-19(7)27-15-31-24(12-4)26(14-6)34(38-31)18-30-22(10-2)20(8)28(36-30)16-32-23(11-3)25(13-5)33(37-32)17-29(21)35-27/h15-18H,9-14H2,1-8H3. The van der Waals surface area contributed by atoms with Gasteiger partial charge in [-0.25, -0.2) is 20.0 Å². The third kappa shape index (κ3) is 4.15. The molecule has 5 aliphatic heterocycles. The Morgan fingerprint density at radius 2 is 0.632 bits per heavy atom. The van der Waals surface area contributed by atoms with Gasteiger partial charge in [-0.15, -0.1) is 0 Å². The third-order valence-corrected chi connectivity index (χ3v) is 8.44.